The number of amides is 1. The second-order valence-electron chi connectivity index (χ2n) is 4.59. The number of hydrogen-bond donors (Lipinski definition) is 1. The molecule has 1 heterocycles. The first kappa shape index (κ1) is 15.2. The van der Waals surface area contributed by atoms with Crippen LogP contribution < -0.4 is 0 Å². The van der Waals surface area contributed by atoms with Gasteiger partial charge in [-0.2, -0.15) is 0 Å². The minimum Gasteiger partial charge on any atom is -0.481 e. The average molecular weight is 393 g/mol. The van der Waals surface area contributed by atoms with Crippen LogP contribution in [-0.2, 0) is 9.53 Å². The van der Waals surface area contributed by atoms with E-state index < -0.39 is 23.7 Å². The molecule has 7 heteroatoms. The monoisotopic (exact) mass is 393 g/mol. The summed E-state index contributed by atoms with van der Waals surface area (Å²) in [5, 5.41) is 9.11. The lowest BCUT2D eigenvalue weighted by atomic mass is 10.0. The van der Waals surface area contributed by atoms with E-state index in [2.05, 4.69) is 0 Å². The standard InChI is InChI=1S/C13H13FINO4/c1-16(11-6-20-5-9(11)13(18)19)12(17)8-3-2-7(14)4-10(8)15/h2-4,9,11H,5-6H2,1H3,(H,18,19). The minimum absolute atomic E-state index is 0.0954. The highest BCUT2D eigenvalue weighted by molar-refractivity contribution is 14.1. The summed E-state index contributed by atoms with van der Waals surface area (Å²) in [7, 11) is 1.54. The van der Waals surface area contributed by atoms with Crippen molar-refractivity contribution in [2.45, 2.75) is 6.04 Å². The van der Waals surface area contributed by atoms with Crippen LogP contribution in [0.2, 0.25) is 0 Å². The Bertz CT molecular complexity index is 551. The van der Waals surface area contributed by atoms with Gasteiger partial charge < -0.3 is 14.7 Å². The molecule has 1 aromatic rings. The molecule has 1 aliphatic heterocycles. The molecule has 1 N–H and O–H groups in total. The fraction of sp³-hybridized carbons (Fsp3) is 0.385. The highest BCUT2D eigenvalue weighted by Gasteiger charge is 2.38. The Labute approximate surface area is 128 Å². The van der Waals surface area contributed by atoms with Gasteiger partial charge in [0.25, 0.3) is 5.91 Å². The molecule has 20 heavy (non-hydrogen) atoms. The number of carbonyl (C=O) groups excluding carboxylic acids is 1. The lowest BCUT2D eigenvalue weighted by Gasteiger charge is -2.26. The van der Waals surface area contributed by atoms with Crippen molar-refractivity contribution < 1.29 is 23.8 Å². The zero-order valence-electron chi connectivity index (χ0n) is 10.7. The third kappa shape index (κ3) is 2.93. The summed E-state index contributed by atoms with van der Waals surface area (Å²) >= 11 is 1.88. The Morgan fingerprint density at radius 1 is 1.45 bits per heavy atom. The Morgan fingerprint density at radius 3 is 2.75 bits per heavy atom. The quantitative estimate of drug-likeness (QED) is 0.793. The molecule has 0 spiro atoms. The highest BCUT2D eigenvalue weighted by Crippen LogP contribution is 2.22. The van der Waals surface area contributed by atoms with Crippen LogP contribution in [0.4, 0.5) is 4.39 Å². The van der Waals surface area contributed by atoms with Crippen molar-refractivity contribution in [1.82, 2.24) is 4.90 Å². The number of carbonyl (C=O) groups is 2. The van der Waals surface area contributed by atoms with Gasteiger partial charge in [0.15, 0.2) is 0 Å². The zero-order chi connectivity index (χ0) is 14.9. The normalized spacial score (nSPS) is 21.8. The van der Waals surface area contributed by atoms with Gasteiger partial charge in [0, 0.05) is 10.6 Å². The summed E-state index contributed by atoms with van der Waals surface area (Å²) in [5.41, 5.74) is 0.352. The van der Waals surface area contributed by atoms with Gasteiger partial charge in [-0.15, -0.1) is 0 Å². The zero-order valence-corrected chi connectivity index (χ0v) is 12.8. The van der Waals surface area contributed by atoms with Gasteiger partial charge in [-0.3, -0.25) is 9.59 Å². The van der Waals surface area contributed by atoms with Gasteiger partial charge in [-0.05, 0) is 40.8 Å². The van der Waals surface area contributed by atoms with E-state index in [4.69, 9.17) is 9.84 Å². The van der Waals surface area contributed by atoms with Gasteiger partial charge in [-0.1, -0.05) is 0 Å². The summed E-state index contributed by atoms with van der Waals surface area (Å²) in [4.78, 5) is 24.9. The summed E-state index contributed by atoms with van der Waals surface area (Å²) in [6, 6.07) is 3.37. The first-order valence-electron chi connectivity index (χ1n) is 5.94. The molecular weight excluding hydrogens is 380 g/mol. The maximum Gasteiger partial charge on any atom is 0.311 e. The first-order chi connectivity index (χ1) is 9.41. The molecule has 1 saturated heterocycles. The summed E-state index contributed by atoms with van der Waals surface area (Å²) in [6.45, 7) is 0.287. The largest absolute Gasteiger partial charge is 0.481 e. The molecule has 2 rings (SSSR count). The van der Waals surface area contributed by atoms with Crippen LogP contribution in [0.15, 0.2) is 18.2 Å². The molecule has 0 radical (unpaired) electrons. The number of rotatable bonds is 3. The lowest BCUT2D eigenvalue weighted by molar-refractivity contribution is -0.142. The van der Waals surface area contributed by atoms with Crippen LogP contribution in [-0.4, -0.2) is 48.2 Å². The minimum atomic E-state index is -0.985. The lowest BCUT2D eigenvalue weighted by Crippen LogP contribution is -2.44. The third-order valence-corrected chi connectivity index (χ3v) is 4.24. The van der Waals surface area contributed by atoms with E-state index in [1.807, 2.05) is 22.6 Å². The van der Waals surface area contributed by atoms with Crippen molar-refractivity contribution in [1.29, 1.82) is 0 Å². The fourth-order valence-electron chi connectivity index (χ4n) is 2.16. The number of carboxylic acid groups (broad SMARTS) is 1. The number of aliphatic carboxylic acids is 1. The number of likely N-dealkylation sites (N-methyl/N-ethyl adjacent to an activating group) is 1. The van der Waals surface area contributed by atoms with E-state index in [-0.39, 0.29) is 19.1 Å². The molecule has 1 aliphatic rings. The Balaban J connectivity index is 2.22. The van der Waals surface area contributed by atoms with Crippen LogP contribution in [0.1, 0.15) is 10.4 Å². The molecule has 0 aromatic heterocycles. The predicted octanol–water partition coefficient (Wildman–Crippen LogP) is 1.60. The molecule has 0 saturated carbocycles. The number of hydrogen-bond acceptors (Lipinski definition) is 3. The molecule has 0 aliphatic carbocycles. The predicted molar refractivity (Wildman–Crippen MR) is 76.9 cm³/mol. The van der Waals surface area contributed by atoms with Crippen molar-refractivity contribution in [2.24, 2.45) is 5.92 Å². The fourth-order valence-corrected chi connectivity index (χ4v) is 2.87. The number of nitrogens with zero attached hydrogens (tertiary/aromatic N) is 1. The van der Waals surface area contributed by atoms with E-state index >= 15 is 0 Å². The van der Waals surface area contributed by atoms with E-state index in [9.17, 15) is 14.0 Å². The average Bonchev–Trinajstić information content (AvgIpc) is 2.86. The maximum absolute atomic E-state index is 13.1. The molecule has 1 fully saturated rings. The van der Waals surface area contributed by atoms with E-state index in [0.717, 1.165) is 0 Å². The molecular formula is C13H13FINO4. The molecule has 0 bridgehead atoms. The van der Waals surface area contributed by atoms with Gasteiger partial charge in [-0.25, -0.2) is 4.39 Å². The van der Waals surface area contributed by atoms with Crippen molar-refractivity contribution in [3.05, 3.63) is 33.1 Å². The van der Waals surface area contributed by atoms with Crippen molar-refractivity contribution in [2.75, 3.05) is 20.3 Å². The van der Waals surface area contributed by atoms with Crippen LogP contribution in [0.3, 0.4) is 0 Å². The topological polar surface area (TPSA) is 66.8 Å². The number of carboxylic acids is 1. The Morgan fingerprint density at radius 2 is 2.15 bits per heavy atom. The van der Waals surface area contributed by atoms with Gasteiger partial charge >= 0.3 is 5.97 Å². The SMILES string of the molecule is CN(C(=O)c1ccc(F)cc1I)C1COCC1C(=O)O. The van der Waals surface area contributed by atoms with Crippen LogP contribution in [0.5, 0.6) is 0 Å². The Kier molecular flexibility index (Phi) is 4.59. The number of halogens is 2. The summed E-state index contributed by atoms with van der Waals surface area (Å²) in [6.07, 6.45) is 0. The van der Waals surface area contributed by atoms with E-state index in [1.54, 1.807) is 0 Å². The molecule has 1 aromatic carbocycles. The highest BCUT2D eigenvalue weighted by atomic mass is 127. The van der Waals surface area contributed by atoms with Crippen molar-refractivity contribution >= 4 is 34.5 Å². The number of benzene rings is 1. The van der Waals surface area contributed by atoms with Crippen LogP contribution in [0.25, 0.3) is 0 Å². The Hall–Kier alpha value is -1.22. The summed E-state index contributed by atoms with van der Waals surface area (Å²) < 4.78 is 18.7. The van der Waals surface area contributed by atoms with Gasteiger partial charge in [0.05, 0.1) is 24.8 Å². The second-order valence-corrected chi connectivity index (χ2v) is 5.75. The van der Waals surface area contributed by atoms with Gasteiger partial charge in [0.2, 0.25) is 0 Å². The van der Waals surface area contributed by atoms with Crippen LogP contribution in [0, 0.1) is 15.3 Å². The smallest absolute Gasteiger partial charge is 0.311 e. The second kappa shape index (κ2) is 6.04. The summed E-state index contributed by atoms with van der Waals surface area (Å²) in [5.74, 6) is -2.47. The van der Waals surface area contributed by atoms with Crippen molar-refractivity contribution in [3.8, 4) is 0 Å². The molecule has 1 amide bonds. The van der Waals surface area contributed by atoms with Gasteiger partial charge in [0.1, 0.15) is 11.7 Å². The molecule has 2 unspecified atom stereocenters. The number of ether oxygens (including phenoxy) is 1. The van der Waals surface area contributed by atoms with Crippen LogP contribution >= 0.6 is 22.6 Å². The van der Waals surface area contributed by atoms with E-state index in [0.29, 0.717) is 9.13 Å². The van der Waals surface area contributed by atoms with E-state index in [1.165, 1.54) is 30.1 Å². The molecule has 5 nitrogen and oxygen atoms in total. The molecule has 2 atom stereocenters. The maximum atomic E-state index is 13.1. The molecule has 108 valence electrons. The third-order valence-electron chi connectivity index (χ3n) is 3.35. The first-order valence-corrected chi connectivity index (χ1v) is 7.02. The van der Waals surface area contributed by atoms with Crippen molar-refractivity contribution in [3.63, 3.8) is 0 Å².